The summed E-state index contributed by atoms with van der Waals surface area (Å²) in [4.78, 5) is 9.64. The van der Waals surface area contributed by atoms with E-state index in [4.69, 9.17) is 5.21 Å². The highest BCUT2D eigenvalue weighted by Gasteiger charge is 1.77. The molecule has 0 atom stereocenters. The molecule has 0 saturated heterocycles. The van der Waals surface area contributed by atoms with E-state index in [-0.39, 0.29) is 0 Å². The van der Waals surface area contributed by atoms with Crippen LogP contribution in [0.15, 0.2) is 12.2 Å². The second-order valence-corrected chi connectivity index (χ2v) is 1.13. The zero-order valence-electron chi connectivity index (χ0n) is 4.92. The number of rotatable bonds is 2. The van der Waals surface area contributed by atoms with Crippen molar-refractivity contribution in [1.82, 2.24) is 0 Å². The molecule has 0 aliphatic rings. The first-order valence-electron chi connectivity index (χ1n) is 2.20. The van der Waals surface area contributed by atoms with Crippen molar-refractivity contribution in [1.29, 1.82) is 0 Å². The minimum atomic E-state index is 0.662. The zero-order chi connectivity index (χ0) is 6.99. The SMILES string of the molecule is C=C(C=O)CC.NO. The zero-order valence-corrected chi connectivity index (χ0v) is 4.92. The van der Waals surface area contributed by atoms with Crippen molar-refractivity contribution in [2.75, 3.05) is 0 Å². The van der Waals surface area contributed by atoms with Crippen molar-refractivity contribution in [3.8, 4) is 0 Å². The standard InChI is InChI=1S/C5H8O.H3NO/c1-3-5(2)4-6;1-2/h4H,2-3H2,1H3;2H,1H2. The van der Waals surface area contributed by atoms with Gasteiger partial charge in [-0.3, -0.25) is 4.79 Å². The van der Waals surface area contributed by atoms with E-state index in [0.29, 0.717) is 5.57 Å². The van der Waals surface area contributed by atoms with Gasteiger partial charge in [0, 0.05) is 0 Å². The van der Waals surface area contributed by atoms with Gasteiger partial charge in [-0.15, -0.1) is 0 Å². The number of allylic oxidation sites excluding steroid dienone is 1. The molecule has 3 heteroatoms. The lowest BCUT2D eigenvalue weighted by atomic mass is 10.3. The van der Waals surface area contributed by atoms with Crippen molar-refractivity contribution in [3.63, 3.8) is 0 Å². The van der Waals surface area contributed by atoms with E-state index in [2.05, 4.69) is 12.5 Å². The molecule has 3 N–H and O–H groups in total. The minimum absolute atomic E-state index is 0.662. The predicted molar refractivity (Wildman–Crippen MR) is 31.5 cm³/mol. The van der Waals surface area contributed by atoms with Crippen molar-refractivity contribution >= 4 is 6.29 Å². The maximum Gasteiger partial charge on any atom is 0.145 e. The van der Waals surface area contributed by atoms with Gasteiger partial charge in [0.25, 0.3) is 0 Å². The molecule has 0 aromatic heterocycles. The highest BCUT2D eigenvalue weighted by Crippen LogP contribution is 1.86. The van der Waals surface area contributed by atoms with Crippen molar-refractivity contribution in [2.24, 2.45) is 5.90 Å². The fourth-order valence-electron chi connectivity index (χ4n) is 0.0833. The third-order valence-electron chi connectivity index (χ3n) is 0.621. The van der Waals surface area contributed by atoms with Crippen LogP contribution in [0.1, 0.15) is 13.3 Å². The molecule has 0 rings (SSSR count). The summed E-state index contributed by atoms with van der Waals surface area (Å²) in [6.07, 6.45) is 1.55. The Morgan fingerprint density at radius 2 is 2.25 bits per heavy atom. The average molecular weight is 117 g/mol. The van der Waals surface area contributed by atoms with Crippen LogP contribution in [0.5, 0.6) is 0 Å². The molecule has 0 aromatic rings. The molecule has 48 valence electrons. The number of aldehydes is 1. The summed E-state index contributed by atoms with van der Waals surface area (Å²) in [7, 11) is 0. The van der Waals surface area contributed by atoms with Crippen LogP contribution in [0.4, 0.5) is 0 Å². The highest BCUT2D eigenvalue weighted by atomic mass is 16.4. The molecule has 0 amide bonds. The van der Waals surface area contributed by atoms with Crippen molar-refractivity contribution in [2.45, 2.75) is 13.3 Å². The monoisotopic (exact) mass is 117 g/mol. The van der Waals surface area contributed by atoms with E-state index in [1.54, 1.807) is 0 Å². The van der Waals surface area contributed by atoms with Gasteiger partial charge in [0.05, 0.1) is 0 Å². The van der Waals surface area contributed by atoms with Crippen LogP contribution in [0.25, 0.3) is 0 Å². The van der Waals surface area contributed by atoms with Gasteiger partial charge < -0.3 is 5.21 Å². The second kappa shape index (κ2) is 9.59. The smallest absolute Gasteiger partial charge is 0.145 e. The molecular weight excluding hydrogens is 106 g/mol. The Balaban J connectivity index is 0. The Kier molecular flexibility index (Phi) is 12.4. The summed E-state index contributed by atoms with van der Waals surface area (Å²) in [6.45, 7) is 5.32. The van der Waals surface area contributed by atoms with Crippen LogP contribution in [-0.4, -0.2) is 11.5 Å². The molecule has 3 nitrogen and oxygen atoms in total. The number of nitrogens with two attached hydrogens (primary N) is 1. The molecule has 0 fully saturated rings. The lowest BCUT2D eigenvalue weighted by molar-refractivity contribution is -0.105. The number of hydrogen-bond acceptors (Lipinski definition) is 3. The van der Waals surface area contributed by atoms with Crippen LogP contribution >= 0.6 is 0 Å². The molecule has 0 radical (unpaired) electrons. The molecule has 0 aromatic carbocycles. The summed E-state index contributed by atoms with van der Waals surface area (Å²) in [6, 6.07) is 0. The Bertz CT molecular complexity index is 70.8. The van der Waals surface area contributed by atoms with Crippen LogP contribution in [0, 0.1) is 0 Å². The normalized spacial score (nSPS) is 6.38. The first-order valence-corrected chi connectivity index (χ1v) is 2.20. The Morgan fingerprint density at radius 3 is 2.25 bits per heavy atom. The van der Waals surface area contributed by atoms with Gasteiger partial charge in [-0.2, -0.15) is 0 Å². The maximum atomic E-state index is 9.64. The molecule has 8 heavy (non-hydrogen) atoms. The molecule has 0 aliphatic heterocycles. The van der Waals surface area contributed by atoms with E-state index < -0.39 is 0 Å². The summed E-state index contributed by atoms with van der Waals surface area (Å²) < 4.78 is 0. The van der Waals surface area contributed by atoms with E-state index in [1.165, 1.54) is 0 Å². The van der Waals surface area contributed by atoms with Crippen LogP contribution in [0.3, 0.4) is 0 Å². The molecule has 0 unspecified atom stereocenters. The lowest BCUT2D eigenvalue weighted by Gasteiger charge is -1.79. The van der Waals surface area contributed by atoms with Crippen LogP contribution < -0.4 is 5.90 Å². The quantitative estimate of drug-likeness (QED) is 0.314. The van der Waals surface area contributed by atoms with Gasteiger partial charge >= 0.3 is 0 Å². The number of carbonyl (C=O) groups is 1. The third-order valence-corrected chi connectivity index (χ3v) is 0.621. The van der Waals surface area contributed by atoms with Gasteiger partial charge in [-0.25, -0.2) is 5.90 Å². The molecule has 0 aliphatic carbocycles. The topological polar surface area (TPSA) is 63.3 Å². The molecule has 0 spiro atoms. The van der Waals surface area contributed by atoms with Gasteiger partial charge in [-0.05, 0) is 12.0 Å². The third kappa shape index (κ3) is 9.01. The second-order valence-electron chi connectivity index (χ2n) is 1.13. The summed E-state index contributed by atoms with van der Waals surface area (Å²) >= 11 is 0. The molecular formula is C5H11NO2. The first-order chi connectivity index (χ1) is 3.81. The fraction of sp³-hybridized carbons (Fsp3) is 0.400. The summed E-state index contributed by atoms with van der Waals surface area (Å²) in [5, 5.41) is 6.50. The number of carbonyl (C=O) groups excluding carboxylic acids is 1. The van der Waals surface area contributed by atoms with Crippen molar-refractivity contribution in [3.05, 3.63) is 12.2 Å². The van der Waals surface area contributed by atoms with E-state index >= 15 is 0 Å². The average Bonchev–Trinajstić information content (AvgIpc) is 1.91. The Morgan fingerprint density at radius 1 is 1.88 bits per heavy atom. The highest BCUT2D eigenvalue weighted by molar-refractivity contribution is 5.71. The summed E-state index contributed by atoms with van der Waals surface area (Å²) in [5.41, 5.74) is 0.662. The van der Waals surface area contributed by atoms with Gasteiger partial charge in [0.15, 0.2) is 0 Å². The molecule has 0 bridgehead atoms. The van der Waals surface area contributed by atoms with Crippen molar-refractivity contribution < 1.29 is 10.0 Å². The van der Waals surface area contributed by atoms with E-state index in [9.17, 15) is 4.79 Å². The van der Waals surface area contributed by atoms with E-state index in [1.807, 2.05) is 6.92 Å². The van der Waals surface area contributed by atoms with Crippen LogP contribution in [0.2, 0.25) is 0 Å². The van der Waals surface area contributed by atoms with Gasteiger partial charge in [0.1, 0.15) is 6.29 Å². The fourth-order valence-corrected chi connectivity index (χ4v) is 0.0833. The Labute approximate surface area is 48.8 Å². The summed E-state index contributed by atoms with van der Waals surface area (Å²) in [5.74, 6) is 3.50. The minimum Gasteiger partial charge on any atom is -0.320 e. The van der Waals surface area contributed by atoms with Crippen LogP contribution in [-0.2, 0) is 4.79 Å². The largest absolute Gasteiger partial charge is 0.320 e. The number of hydrogen-bond donors (Lipinski definition) is 2. The molecule has 0 saturated carbocycles. The van der Waals surface area contributed by atoms with Gasteiger partial charge in [-0.1, -0.05) is 13.5 Å². The first kappa shape index (κ1) is 10.3. The van der Waals surface area contributed by atoms with Gasteiger partial charge in [0.2, 0.25) is 0 Å². The lowest BCUT2D eigenvalue weighted by Crippen LogP contribution is -1.73. The Hall–Kier alpha value is -0.670. The maximum absolute atomic E-state index is 9.64. The predicted octanol–water partition coefficient (Wildman–Crippen LogP) is 0.486. The molecule has 0 heterocycles. The van der Waals surface area contributed by atoms with E-state index in [0.717, 1.165) is 12.7 Å².